The minimum Gasteiger partial charge on any atom is -0.326 e. The van der Waals surface area contributed by atoms with Crippen LogP contribution in [0.5, 0.6) is 0 Å². The number of alkyl halides is 3. The van der Waals surface area contributed by atoms with Crippen LogP contribution in [-0.2, 0) is 12.6 Å². The van der Waals surface area contributed by atoms with Crippen molar-refractivity contribution in [2.45, 2.75) is 54.6 Å². The summed E-state index contributed by atoms with van der Waals surface area (Å²) in [4.78, 5) is 1.34. The number of aryl methyl sites for hydroxylation is 1. The molecule has 1 nitrogen and oxygen atoms in total. The minimum absolute atomic E-state index is 0.203. The molecule has 2 rings (SSSR count). The standard InChI is InChI=1S/C19H21ClF3NS/c1-18(2,24)10-4-5-13-8-9-16(12-17(13)20)25-15-7-3-6-14(11-15)19(21,22)23/h3,6-9,11-12H,4-5,10,24H2,1-2H3. The number of benzene rings is 2. The highest BCUT2D eigenvalue weighted by Crippen LogP contribution is 2.35. The second kappa shape index (κ2) is 8.02. The number of hydrogen-bond donors (Lipinski definition) is 1. The van der Waals surface area contributed by atoms with Gasteiger partial charge in [-0.3, -0.25) is 0 Å². The third-order valence-electron chi connectivity index (χ3n) is 3.69. The first-order valence-corrected chi connectivity index (χ1v) is 9.16. The molecule has 0 amide bonds. The van der Waals surface area contributed by atoms with Gasteiger partial charge in [0.2, 0.25) is 0 Å². The molecule has 2 N–H and O–H groups in total. The quantitative estimate of drug-likeness (QED) is 0.606. The second-order valence-corrected chi connectivity index (χ2v) is 8.28. The van der Waals surface area contributed by atoms with Crippen molar-refractivity contribution in [3.8, 4) is 0 Å². The van der Waals surface area contributed by atoms with Gasteiger partial charge in [-0.15, -0.1) is 0 Å². The Bertz CT molecular complexity index is 723. The highest BCUT2D eigenvalue weighted by Gasteiger charge is 2.30. The Morgan fingerprint density at radius 1 is 1.04 bits per heavy atom. The molecule has 0 saturated heterocycles. The van der Waals surface area contributed by atoms with Gasteiger partial charge in [0.15, 0.2) is 0 Å². The van der Waals surface area contributed by atoms with Crippen LogP contribution in [0.2, 0.25) is 5.02 Å². The fourth-order valence-corrected chi connectivity index (χ4v) is 3.66. The van der Waals surface area contributed by atoms with E-state index in [0.717, 1.165) is 41.9 Å². The monoisotopic (exact) mass is 387 g/mol. The number of rotatable bonds is 6. The zero-order valence-corrected chi connectivity index (χ0v) is 15.7. The van der Waals surface area contributed by atoms with E-state index in [0.29, 0.717) is 9.92 Å². The lowest BCUT2D eigenvalue weighted by atomic mass is 9.97. The molecule has 0 aromatic heterocycles. The molecule has 0 fully saturated rings. The average molecular weight is 388 g/mol. The van der Waals surface area contributed by atoms with Crippen molar-refractivity contribution in [1.82, 2.24) is 0 Å². The molecular formula is C19H21ClF3NS. The average Bonchev–Trinajstić information content (AvgIpc) is 2.48. The van der Waals surface area contributed by atoms with Gasteiger partial charge in [0.25, 0.3) is 0 Å². The van der Waals surface area contributed by atoms with E-state index in [1.807, 2.05) is 26.0 Å². The molecule has 0 saturated carbocycles. The van der Waals surface area contributed by atoms with Crippen LogP contribution < -0.4 is 5.73 Å². The number of halogens is 4. The van der Waals surface area contributed by atoms with Gasteiger partial charge in [0.05, 0.1) is 5.56 Å². The fourth-order valence-electron chi connectivity index (χ4n) is 2.40. The van der Waals surface area contributed by atoms with Crippen molar-refractivity contribution in [2.24, 2.45) is 5.73 Å². The topological polar surface area (TPSA) is 26.0 Å². The maximum Gasteiger partial charge on any atom is 0.416 e. The van der Waals surface area contributed by atoms with Gasteiger partial charge < -0.3 is 5.73 Å². The number of hydrogen-bond acceptors (Lipinski definition) is 2. The summed E-state index contributed by atoms with van der Waals surface area (Å²) in [7, 11) is 0. The van der Waals surface area contributed by atoms with Crippen LogP contribution in [0.4, 0.5) is 13.2 Å². The molecule has 136 valence electrons. The van der Waals surface area contributed by atoms with Crippen molar-refractivity contribution in [3.05, 3.63) is 58.6 Å². The van der Waals surface area contributed by atoms with Gasteiger partial charge >= 0.3 is 6.18 Å². The Balaban J connectivity index is 2.06. The lowest BCUT2D eigenvalue weighted by Gasteiger charge is -2.18. The van der Waals surface area contributed by atoms with Gasteiger partial charge in [-0.1, -0.05) is 35.5 Å². The molecule has 0 spiro atoms. The molecule has 0 atom stereocenters. The van der Waals surface area contributed by atoms with Crippen LogP contribution >= 0.6 is 23.4 Å². The molecule has 0 aliphatic heterocycles. The molecule has 0 radical (unpaired) electrons. The van der Waals surface area contributed by atoms with Crippen LogP contribution in [0.1, 0.15) is 37.8 Å². The lowest BCUT2D eigenvalue weighted by Crippen LogP contribution is -2.31. The largest absolute Gasteiger partial charge is 0.416 e. The van der Waals surface area contributed by atoms with Gasteiger partial charge in [-0.25, -0.2) is 0 Å². The van der Waals surface area contributed by atoms with Crippen molar-refractivity contribution in [2.75, 3.05) is 0 Å². The minimum atomic E-state index is -4.34. The maximum absolute atomic E-state index is 12.8. The molecule has 0 aliphatic carbocycles. The highest BCUT2D eigenvalue weighted by atomic mass is 35.5. The molecule has 0 aliphatic rings. The first kappa shape index (κ1) is 20.1. The molecule has 0 heterocycles. The highest BCUT2D eigenvalue weighted by molar-refractivity contribution is 7.99. The van der Waals surface area contributed by atoms with E-state index < -0.39 is 11.7 Å². The Kier molecular flexibility index (Phi) is 6.46. The summed E-state index contributed by atoms with van der Waals surface area (Å²) < 4.78 is 38.4. The van der Waals surface area contributed by atoms with E-state index >= 15 is 0 Å². The van der Waals surface area contributed by atoms with Crippen LogP contribution in [0.3, 0.4) is 0 Å². The molecule has 0 bridgehead atoms. The summed E-state index contributed by atoms with van der Waals surface area (Å²) in [6.07, 6.45) is -1.68. The summed E-state index contributed by atoms with van der Waals surface area (Å²) in [5, 5.41) is 0.631. The van der Waals surface area contributed by atoms with Crippen LogP contribution in [0.25, 0.3) is 0 Å². The van der Waals surface area contributed by atoms with Crippen LogP contribution in [-0.4, -0.2) is 5.54 Å². The molecule has 0 unspecified atom stereocenters. The predicted octanol–water partition coefficient (Wildman–Crippen LogP) is 6.57. The SMILES string of the molecule is CC(C)(N)CCCc1ccc(Sc2cccc(C(F)(F)F)c2)cc1Cl. The van der Waals surface area contributed by atoms with Crippen molar-refractivity contribution in [1.29, 1.82) is 0 Å². The van der Waals surface area contributed by atoms with Gasteiger partial charge in [-0.2, -0.15) is 13.2 Å². The zero-order valence-electron chi connectivity index (χ0n) is 14.2. The zero-order chi connectivity index (χ0) is 18.7. The van der Waals surface area contributed by atoms with E-state index in [4.69, 9.17) is 17.3 Å². The molecule has 2 aromatic carbocycles. The fraction of sp³-hybridized carbons (Fsp3) is 0.368. The van der Waals surface area contributed by atoms with Gasteiger partial charge in [0, 0.05) is 20.4 Å². The number of nitrogens with two attached hydrogens (primary N) is 1. The first-order valence-electron chi connectivity index (χ1n) is 7.97. The first-order chi connectivity index (χ1) is 11.5. The molecule has 25 heavy (non-hydrogen) atoms. The van der Waals surface area contributed by atoms with E-state index in [2.05, 4.69) is 0 Å². The summed E-state index contributed by atoms with van der Waals surface area (Å²) in [5.74, 6) is 0. The smallest absolute Gasteiger partial charge is 0.326 e. The summed E-state index contributed by atoms with van der Waals surface area (Å²) >= 11 is 7.59. The van der Waals surface area contributed by atoms with Gasteiger partial charge in [-0.05, 0) is 69.0 Å². The van der Waals surface area contributed by atoms with E-state index in [1.54, 1.807) is 12.1 Å². The normalized spacial score (nSPS) is 12.4. The van der Waals surface area contributed by atoms with Crippen LogP contribution in [0, 0.1) is 0 Å². The Hall–Kier alpha value is -1.17. The Morgan fingerprint density at radius 3 is 2.32 bits per heavy atom. The van der Waals surface area contributed by atoms with E-state index in [1.165, 1.54) is 17.8 Å². The molecule has 6 heteroatoms. The van der Waals surface area contributed by atoms with E-state index in [9.17, 15) is 13.2 Å². The summed E-state index contributed by atoms with van der Waals surface area (Å²) in [5.41, 5.74) is 6.15. The molecule has 2 aromatic rings. The third kappa shape index (κ3) is 6.57. The second-order valence-electron chi connectivity index (χ2n) is 6.72. The van der Waals surface area contributed by atoms with E-state index in [-0.39, 0.29) is 5.54 Å². The Morgan fingerprint density at radius 2 is 1.72 bits per heavy atom. The van der Waals surface area contributed by atoms with Crippen molar-refractivity contribution in [3.63, 3.8) is 0 Å². The Labute approximate surface area is 155 Å². The van der Waals surface area contributed by atoms with Crippen molar-refractivity contribution >= 4 is 23.4 Å². The van der Waals surface area contributed by atoms with Crippen LogP contribution in [0.15, 0.2) is 52.3 Å². The lowest BCUT2D eigenvalue weighted by molar-refractivity contribution is -0.137. The predicted molar refractivity (Wildman–Crippen MR) is 98.2 cm³/mol. The third-order valence-corrected chi connectivity index (χ3v) is 5.02. The van der Waals surface area contributed by atoms with Crippen molar-refractivity contribution < 1.29 is 13.2 Å². The maximum atomic E-state index is 12.8. The molecular weight excluding hydrogens is 367 g/mol. The summed E-state index contributed by atoms with van der Waals surface area (Å²) in [6.45, 7) is 3.98. The summed E-state index contributed by atoms with van der Waals surface area (Å²) in [6, 6.07) is 10.9. The van der Waals surface area contributed by atoms with Gasteiger partial charge in [0.1, 0.15) is 0 Å².